The van der Waals surface area contributed by atoms with Gasteiger partial charge in [-0.05, 0) is 30.2 Å². The third-order valence-corrected chi connectivity index (χ3v) is 3.53. The molecule has 0 aliphatic carbocycles. The molecule has 0 fully saturated rings. The summed E-state index contributed by atoms with van der Waals surface area (Å²) in [5.74, 6) is 0.406. The summed E-state index contributed by atoms with van der Waals surface area (Å²) < 4.78 is 39.3. The van der Waals surface area contributed by atoms with Crippen molar-refractivity contribution in [2.24, 2.45) is 4.99 Å². The molecule has 2 rings (SSSR count). The van der Waals surface area contributed by atoms with Crippen molar-refractivity contribution in [3.05, 3.63) is 65.2 Å². The van der Waals surface area contributed by atoms with Gasteiger partial charge in [-0.15, -0.1) is 0 Å². The van der Waals surface area contributed by atoms with Gasteiger partial charge in [-0.1, -0.05) is 37.3 Å². The molecular formula is C18H21F3N4. The number of benzene rings is 2. The largest absolute Gasteiger partial charge is 0.416 e. The van der Waals surface area contributed by atoms with Crippen LogP contribution in [0.25, 0.3) is 0 Å². The number of rotatable bonds is 6. The van der Waals surface area contributed by atoms with E-state index in [1.54, 1.807) is 30.3 Å². The highest BCUT2D eigenvalue weighted by Gasteiger charge is 2.32. The number of alkyl halides is 3. The van der Waals surface area contributed by atoms with E-state index in [0.29, 0.717) is 23.6 Å². The van der Waals surface area contributed by atoms with Gasteiger partial charge in [0.1, 0.15) is 5.84 Å². The average Bonchev–Trinajstić information content (AvgIpc) is 2.58. The van der Waals surface area contributed by atoms with Crippen molar-refractivity contribution in [1.29, 1.82) is 0 Å². The number of nitrogens with one attached hydrogen (secondary N) is 2. The first-order valence-corrected chi connectivity index (χ1v) is 7.96. The Morgan fingerprint density at radius 3 is 2.44 bits per heavy atom. The van der Waals surface area contributed by atoms with E-state index in [2.05, 4.69) is 15.8 Å². The van der Waals surface area contributed by atoms with E-state index in [-0.39, 0.29) is 12.1 Å². The van der Waals surface area contributed by atoms with Crippen molar-refractivity contribution in [3.63, 3.8) is 0 Å². The van der Waals surface area contributed by atoms with Crippen molar-refractivity contribution >= 4 is 11.5 Å². The molecule has 0 saturated carbocycles. The van der Waals surface area contributed by atoms with Crippen molar-refractivity contribution in [3.8, 4) is 0 Å². The van der Waals surface area contributed by atoms with E-state index in [1.165, 1.54) is 12.1 Å². The molecule has 4 N–H and O–H groups in total. The second-order valence-electron chi connectivity index (χ2n) is 5.46. The van der Waals surface area contributed by atoms with Gasteiger partial charge in [0.25, 0.3) is 0 Å². The zero-order valence-corrected chi connectivity index (χ0v) is 13.9. The Labute approximate surface area is 144 Å². The summed E-state index contributed by atoms with van der Waals surface area (Å²) in [4.78, 5) is 4.33. The quantitative estimate of drug-likeness (QED) is 0.244. The van der Waals surface area contributed by atoms with Gasteiger partial charge in [-0.3, -0.25) is 4.99 Å². The fourth-order valence-corrected chi connectivity index (χ4v) is 2.27. The maximum atomic E-state index is 13.1. The highest BCUT2D eigenvalue weighted by molar-refractivity contribution is 6.02. The number of aliphatic imine (C=N–C) groups is 1. The topological polar surface area (TPSA) is 62.4 Å². The highest BCUT2D eigenvalue weighted by atomic mass is 19.4. The number of halogens is 3. The first kappa shape index (κ1) is 18.8. The Hall–Kier alpha value is -2.54. The first-order valence-electron chi connectivity index (χ1n) is 7.96. The van der Waals surface area contributed by atoms with Crippen LogP contribution < -0.4 is 16.6 Å². The lowest BCUT2D eigenvalue weighted by molar-refractivity contribution is -0.138. The van der Waals surface area contributed by atoms with E-state index in [4.69, 9.17) is 5.73 Å². The SMILES string of the molecule is CCCNNC(=NCc1ccccc1C(F)(F)F)c1ccccc1N. The molecule has 0 heterocycles. The monoisotopic (exact) mass is 350 g/mol. The van der Waals surface area contributed by atoms with E-state index in [1.807, 2.05) is 6.92 Å². The van der Waals surface area contributed by atoms with Crippen molar-refractivity contribution < 1.29 is 13.2 Å². The van der Waals surface area contributed by atoms with Crippen molar-refractivity contribution in [1.82, 2.24) is 10.9 Å². The van der Waals surface area contributed by atoms with Crippen LogP contribution in [0.5, 0.6) is 0 Å². The fourth-order valence-electron chi connectivity index (χ4n) is 2.27. The molecule has 0 amide bonds. The van der Waals surface area contributed by atoms with Crippen LogP contribution in [0.4, 0.5) is 18.9 Å². The highest BCUT2D eigenvalue weighted by Crippen LogP contribution is 2.32. The van der Waals surface area contributed by atoms with Crippen molar-refractivity contribution in [2.75, 3.05) is 12.3 Å². The summed E-state index contributed by atoms with van der Waals surface area (Å²) in [6.45, 7) is 2.58. The number of nitrogen functional groups attached to an aromatic ring is 1. The van der Waals surface area contributed by atoms with Gasteiger partial charge in [0, 0.05) is 17.8 Å². The molecule has 0 aromatic heterocycles. The van der Waals surface area contributed by atoms with Gasteiger partial charge < -0.3 is 11.2 Å². The van der Waals surface area contributed by atoms with Crippen LogP contribution >= 0.6 is 0 Å². The number of hydrazine groups is 1. The molecule has 2 aromatic rings. The minimum Gasteiger partial charge on any atom is -0.398 e. The summed E-state index contributed by atoms with van der Waals surface area (Å²) in [6.07, 6.45) is -3.52. The fraction of sp³-hybridized carbons (Fsp3) is 0.278. The van der Waals surface area contributed by atoms with E-state index < -0.39 is 11.7 Å². The number of hydrogen-bond donors (Lipinski definition) is 3. The van der Waals surface area contributed by atoms with Gasteiger partial charge in [0.15, 0.2) is 0 Å². The Kier molecular flexibility index (Phi) is 6.41. The summed E-state index contributed by atoms with van der Waals surface area (Å²) >= 11 is 0. The van der Waals surface area contributed by atoms with Crippen LogP contribution in [-0.4, -0.2) is 12.4 Å². The van der Waals surface area contributed by atoms with Crippen LogP contribution in [-0.2, 0) is 12.7 Å². The van der Waals surface area contributed by atoms with Crippen LogP contribution in [0.1, 0.15) is 30.0 Å². The predicted octanol–water partition coefficient (Wildman–Crippen LogP) is 3.74. The van der Waals surface area contributed by atoms with Crippen LogP contribution in [0.15, 0.2) is 53.5 Å². The molecule has 0 spiro atoms. The third-order valence-electron chi connectivity index (χ3n) is 3.53. The molecule has 4 nitrogen and oxygen atoms in total. The van der Waals surface area contributed by atoms with Gasteiger partial charge in [0.05, 0.1) is 12.1 Å². The lowest BCUT2D eigenvalue weighted by Crippen LogP contribution is -2.38. The zero-order chi connectivity index (χ0) is 18.3. The Morgan fingerprint density at radius 2 is 1.76 bits per heavy atom. The predicted molar refractivity (Wildman–Crippen MR) is 94.0 cm³/mol. The molecule has 2 aromatic carbocycles. The molecule has 0 atom stereocenters. The number of nitrogens with zero attached hydrogens (tertiary/aromatic N) is 1. The second-order valence-corrected chi connectivity index (χ2v) is 5.46. The molecule has 0 saturated heterocycles. The molecule has 0 aliphatic heterocycles. The van der Waals surface area contributed by atoms with Crippen LogP contribution in [0, 0.1) is 0 Å². The number of anilines is 1. The number of para-hydroxylation sites is 1. The normalized spacial score (nSPS) is 12.2. The molecule has 0 bridgehead atoms. The number of nitrogens with two attached hydrogens (primary N) is 1. The Morgan fingerprint density at radius 1 is 1.08 bits per heavy atom. The first-order chi connectivity index (χ1) is 11.9. The lowest BCUT2D eigenvalue weighted by atomic mass is 10.1. The second kappa shape index (κ2) is 8.53. The summed E-state index contributed by atoms with van der Waals surface area (Å²) in [6, 6.07) is 12.5. The van der Waals surface area contributed by atoms with Crippen LogP contribution in [0.2, 0.25) is 0 Å². The Bertz CT molecular complexity index is 726. The van der Waals surface area contributed by atoms with Crippen molar-refractivity contribution in [2.45, 2.75) is 26.1 Å². The lowest BCUT2D eigenvalue weighted by Gasteiger charge is -2.15. The number of hydrogen-bond acceptors (Lipinski definition) is 3. The summed E-state index contributed by atoms with van der Waals surface area (Å²) in [5.41, 5.74) is 12.5. The standard InChI is InChI=1S/C18H21F3N4/c1-2-11-24-25-17(14-8-4-6-10-16(14)22)23-12-13-7-3-5-9-15(13)18(19,20)21/h3-10,24H,2,11-12,22H2,1H3,(H,23,25). The minimum absolute atomic E-state index is 0.110. The summed E-state index contributed by atoms with van der Waals surface area (Å²) in [7, 11) is 0. The van der Waals surface area contributed by atoms with E-state index >= 15 is 0 Å². The minimum atomic E-state index is -4.41. The molecule has 134 valence electrons. The van der Waals surface area contributed by atoms with Gasteiger partial charge in [-0.25, -0.2) is 5.43 Å². The average molecular weight is 350 g/mol. The molecule has 0 unspecified atom stereocenters. The molecule has 0 radical (unpaired) electrons. The molecule has 25 heavy (non-hydrogen) atoms. The number of amidine groups is 1. The smallest absolute Gasteiger partial charge is 0.398 e. The molecule has 7 heteroatoms. The van der Waals surface area contributed by atoms with E-state index in [0.717, 1.165) is 12.5 Å². The van der Waals surface area contributed by atoms with Gasteiger partial charge in [-0.2, -0.15) is 13.2 Å². The van der Waals surface area contributed by atoms with E-state index in [9.17, 15) is 13.2 Å². The van der Waals surface area contributed by atoms with Gasteiger partial charge in [0.2, 0.25) is 0 Å². The van der Waals surface area contributed by atoms with Crippen LogP contribution in [0.3, 0.4) is 0 Å². The zero-order valence-electron chi connectivity index (χ0n) is 13.9. The molecular weight excluding hydrogens is 329 g/mol. The molecule has 0 aliphatic rings. The Balaban J connectivity index is 2.31. The maximum absolute atomic E-state index is 13.1. The van der Waals surface area contributed by atoms with Gasteiger partial charge >= 0.3 is 6.18 Å². The summed E-state index contributed by atoms with van der Waals surface area (Å²) in [5, 5.41) is 0. The third kappa shape index (κ3) is 5.22. The maximum Gasteiger partial charge on any atom is 0.416 e.